The van der Waals surface area contributed by atoms with Gasteiger partial charge in [-0.15, -0.1) is 5.10 Å². The zero-order valence-corrected chi connectivity index (χ0v) is 9.67. The molecule has 0 saturated heterocycles. The number of hydrogen-bond donors (Lipinski definition) is 1. The molecular formula is C12H12N4O2. The highest BCUT2D eigenvalue weighted by Gasteiger charge is 2.23. The molecule has 1 heterocycles. The van der Waals surface area contributed by atoms with Crippen LogP contribution in [0.3, 0.4) is 0 Å². The van der Waals surface area contributed by atoms with Crippen molar-refractivity contribution in [1.29, 1.82) is 0 Å². The lowest BCUT2D eigenvalue weighted by molar-refractivity contribution is -0.122. The van der Waals surface area contributed by atoms with Crippen LogP contribution in [0.5, 0.6) is 0 Å². The first-order valence-corrected chi connectivity index (χ1v) is 5.86. The maximum atomic E-state index is 12.0. The minimum atomic E-state index is -0.286. The van der Waals surface area contributed by atoms with Gasteiger partial charge in [0.15, 0.2) is 0 Å². The van der Waals surface area contributed by atoms with Gasteiger partial charge in [-0.25, -0.2) is 4.68 Å². The summed E-state index contributed by atoms with van der Waals surface area (Å²) in [6, 6.07) is 7.24. The summed E-state index contributed by atoms with van der Waals surface area (Å²) in [5, 5.41) is 11.0. The Morgan fingerprint density at radius 3 is 2.94 bits per heavy atom. The van der Waals surface area contributed by atoms with Crippen molar-refractivity contribution in [2.45, 2.75) is 25.4 Å². The molecule has 0 spiro atoms. The zero-order valence-electron chi connectivity index (χ0n) is 9.67. The van der Waals surface area contributed by atoms with E-state index in [1.807, 2.05) is 0 Å². The van der Waals surface area contributed by atoms with E-state index in [0.29, 0.717) is 10.9 Å². The molecule has 18 heavy (non-hydrogen) atoms. The van der Waals surface area contributed by atoms with E-state index in [0.717, 1.165) is 17.5 Å². The Balaban J connectivity index is 1.89. The number of rotatable bonds is 3. The Morgan fingerprint density at radius 2 is 2.17 bits per heavy atom. The van der Waals surface area contributed by atoms with Crippen LogP contribution in [0.1, 0.15) is 12.8 Å². The first-order valence-electron chi connectivity index (χ1n) is 5.86. The van der Waals surface area contributed by atoms with Gasteiger partial charge >= 0.3 is 0 Å². The Bertz CT molecular complexity index is 660. The Hall–Kier alpha value is -2.24. The number of carbonyl (C=O) groups is 1. The van der Waals surface area contributed by atoms with Gasteiger partial charge in [0.1, 0.15) is 12.1 Å². The number of nitrogens with one attached hydrogen (secondary N) is 1. The van der Waals surface area contributed by atoms with Crippen molar-refractivity contribution in [2.24, 2.45) is 0 Å². The standard InChI is InChI=1S/C12H12N4O2/c17-11(13-8-5-6-8)7-16-12(18)9-3-1-2-4-10(9)14-15-16/h1-4,8H,5-7H2,(H,13,17). The van der Waals surface area contributed by atoms with E-state index in [9.17, 15) is 9.59 Å². The molecule has 1 amide bonds. The van der Waals surface area contributed by atoms with Crippen LogP contribution in [0, 0.1) is 0 Å². The number of benzene rings is 1. The normalized spacial score (nSPS) is 14.7. The molecule has 92 valence electrons. The summed E-state index contributed by atoms with van der Waals surface area (Å²) in [6.45, 7) is -0.0762. The maximum Gasteiger partial charge on any atom is 0.278 e. The molecule has 1 aromatic heterocycles. The van der Waals surface area contributed by atoms with E-state index >= 15 is 0 Å². The lowest BCUT2D eigenvalue weighted by Crippen LogP contribution is -2.35. The molecule has 0 radical (unpaired) electrons. The Kier molecular flexibility index (Phi) is 2.55. The minimum absolute atomic E-state index is 0.0762. The third-order valence-electron chi connectivity index (χ3n) is 2.87. The third-order valence-corrected chi connectivity index (χ3v) is 2.87. The smallest absolute Gasteiger partial charge is 0.278 e. The van der Waals surface area contributed by atoms with Gasteiger partial charge in [0.05, 0.1) is 5.39 Å². The molecule has 6 nitrogen and oxygen atoms in total. The SMILES string of the molecule is O=C(Cn1nnc2ccccc2c1=O)NC1CC1. The van der Waals surface area contributed by atoms with Gasteiger partial charge < -0.3 is 5.32 Å². The van der Waals surface area contributed by atoms with Gasteiger partial charge in [0.2, 0.25) is 5.91 Å². The minimum Gasteiger partial charge on any atom is -0.352 e. The molecule has 1 saturated carbocycles. The van der Waals surface area contributed by atoms with Gasteiger partial charge in [-0.3, -0.25) is 9.59 Å². The van der Waals surface area contributed by atoms with Crippen LogP contribution in [0.25, 0.3) is 10.9 Å². The first kappa shape index (κ1) is 10.9. The van der Waals surface area contributed by atoms with Crippen molar-refractivity contribution in [3.05, 3.63) is 34.6 Å². The lowest BCUT2D eigenvalue weighted by Gasteiger charge is -2.05. The van der Waals surface area contributed by atoms with Crippen LogP contribution in [0.15, 0.2) is 29.1 Å². The second kappa shape index (κ2) is 4.21. The van der Waals surface area contributed by atoms with Gasteiger partial charge in [-0.05, 0) is 25.0 Å². The summed E-state index contributed by atoms with van der Waals surface area (Å²) in [5.74, 6) is -0.191. The van der Waals surface area contributed by atoms with Gasteiger partial charge in [-0.1, -0.05) is 17.3 Å². The zero-order chi connectivity index (χ0) is 12.5. The van der Waals surface area contributed by atoms with Crippen LogP contribution < -0.4 is 10.9 Å². The second-order valence-corrected chi connectivity index (χ2v) is 4.41. The van der Waals surface area contributed by atoms with Gasteiger partial charge in [-0.2, -0.15) is 0 Å². The molecule has 0 bridgehead atoms. The summed E-state index contributed by atoms with van der Waals surface area (Å²) in [4.78, 5) is 23.7. The van der Waals surface area contributed by atoms with Crippen LogP contribution in [-0.2, 0) is 11.3 Å². The topological polar surface area (TPSA) is 76.9 Å². The van der Waals surface area contributed by atoms with E-state index in [1.54, 1.807) is 24.3 Å². The second-order valence-electron chi connectivity index (χ2n) is 4.41. The highest BCUT2D eigenvalue weighted by molar-refractivity contribution is 5.78. The van der Waals surface area contributed by atoms with Crippen molar-refractivity contribution in [3.63, 3.8) is 0 Å². The predicted molar refractivity (Wildman–Crippen MR) is 65.0 cm³/mol. The van der Waals surface area contributed by atoms with E-state index in [-0.39, 0.29) is 24.1 Å². The van der Waals surface area contributed by atoms with E-state index in [4.69, 9.17) is 0 Å². The fourth-order valence-corrected chi connectivity index (χ4v) is 1.76. The number of nitrogens with zero attached hydrogens (tertiary/aromatic N) is 3. The molecule has 0 atom stereocenters. The van der Waals surface area contributed by atoms with Crippen molar-refractivity contribution < 1.29 is 4.79 Å². The fourth-order valence-electron chi connectivity index (χ4n) is 1.76. The monoisotopic (exact) mass is 244 g/mol. The van der Waals surface area contributed by atoms with Crippen molar-refractivity contribution >= 4 is 16.8 Å². The average molecular weight is 244 g/mol. The van der Waals surface area contributed by atoms with Crippen molar-refractivity contribution in [3.8, 4) is 0 Å². The van der Waals surface area contributed by atoms with Crippen LogP contribution in [-0.4, -0.2) is 26.9 Å². The average Bonchev–Trinajstić information content (AvgIpc) is 3.17. The molecule has 1 aliphatic carbocycles. The highest BCUT2D eigenvalue weighted by Crippen LogP contribution is 2.18. The number of aromatic nitrogens is 3. The molecule has 0 unspecified atom stereocenters. The number of amides is 1. The van der Waals surface area contributed by atoms with Crippen LogP contribution in [0.4, 0.5) is 0 Å². The fraction of sp³-hybridized carbons (Fsp3) is 0.333. The third kappa shape index (κ3) is 2.09. The van der Waals surface area contributed by atoms with Crippen LogP contribution >= 0.6 is 0 Å². The summed E-state index contributed by atoms with van der Waals surface area (Å²) < 4.78 is 1.10. The molecule has 1 fully saturated rings. The first-order chi connectivity index (χ1) is 8.74. The molecule has 1 aromatic carbocycles. The Labute approximate surface area is 103 Å². The molecule has 3 rings (SSSR count). The largest absolute Gasteiger partial charge is 0.352 e. The molecule has 6 heteroatoms. The highest BCUT2D eigenvalue weighted by atomic mass is 16.2. The van der Waals surface area contributed by atoms with E-state index in [2.05, 4.69) is 15.6 Å². The van der Waals surface area contributed by atoms with Crippen molar-refractivity contribution in [2.75, 3.05) is 0 Å². The number of fused-ring (bicyclic) bond motifs is 1. The molecule has 1 aliphatic rings. The van der Waals surface area contributed by atoms with E-state index < -0.39 is 0 Å². The number of hydrogen-bond acceptors (Lipinski definition) is 4. The maximum absolute atomic E-state index is 12.0. The summed E-state index contributed by atoms with van der Waals surface area (Å²) in [7, 11) is 0. The van der Waals surface area contributed by atoms with Gasteiger partial charge in [0.25, 0.3) is 5.56 Å². The summed E-state index contributed by atoms with van der Waals surface area (Å²) >= 11 is 0. The number of carbonyl (C=O) groups excluding carboxylic acids is 1. The predicted octanol–water partition coefficient (Wildman–Crippen LogP) is 0.0701. The summed E-state index contributed by atoms with van der Waals surface area (Å²) in [5.41, 5.74) is 0.257. The quantitative estimate of drug-likeness (QED) is 0.829. The molecular weight excluding hydrogens is 232 g/mol. The summed E-state index contributed by atoms with van der Waals surface area (Å²) in [6.07, 6.45) is 2.04. The Morgan fingerprint density at radius 1 is 1.39 bits per heavy atom. The lowest BCUT2D eigenvalue weighted by atomic mass is 10.2. The van der Waals surface area contributed by atoms with Crippen molar-refractivity contribution in [1.82, 2.24) is 20.3 Å². The van der Waals surface area contributed by atoms with Gasteiger partial charge in [0, 0.05) is 6.04 Å². The van der Waals surface area contributed by atoms with Crippen LogP contribution in [0.2, 0.25) is 0 Å². The van der Waals surface area contributed by atoms with E-state index in [1.165, 1.54) is 0 Å². The molecule has 0 aliphatic heterocycles. The molecule has 2 aromatic rings. The molecule has 1 N–H and O–H groups in total.